The second kappa shape index (κ2) is 25.9. The van der Waals surface area contributed by atoms with Crippen LogP contribution in [0.15, 0.2) is 383 Å². The molecule has 0 N–H and O–H groups in total. The summed E-state index contributed by atoms with van der Waals surface area (Å²) in [5, 5.41) is 9.71. The summed E-state index contributed by atoms with van der Waals surface area (Å²) < 4.78 is 9.23. The van der Waals surface area contributed by atoms with Crippen molar-refractivity contribution in [3.8, 4) is 102 Å². The minimum absolute atomic E-state index is 0.594. The van der Waals surface area contributed by atoms with Gasteiger partial charge in [0.2, 0.25) is 5.95 Å². The van der Waals surface area contributed by atoms with E-state index in [1.54, 1.807) is 6.33 Å². The molecule has 6 aromatic heterocycles. The summed E-state index contributed by atoms with van der Waals surface area (Å²) in [5.41, 5.74) is 25.9. The molecule has 0 aliphatic rings. The molecule has 6 heterocycles. The van der Waals surface area contributed by atoms with Gasteiger partial charge in [-0.1, -0.05) is 255 Å². The van der Waals surface area contributed by atoms with Crippen molar-refractivity contribution in [1.29, 1.82) is 0 Å². The van der Waals surface area contributed by atoms with Gasteiger partial charge in [0.05, 0.1) is 49.8 Å². The summed E-state index contributed by atoms with van der Waals surface area (Å²) in [7, 11) is 0. The molecule has 0 aliphatic heterocycles. The fraction of sp³-hybridized carbons (Fsp3) is 0. The predicted octanol–water partition coefficient (Wildman–Crippen LogP) is 24.4. The topological polar surface area (TPSA) is 84.2 Å². The number of nitrogens with zero attached hydrogens (tertiary/aromatic N) is 9. The van der Waals surface area contributed by atoms with Gasteiger partial charge < -0.3 is 13.7 Å². The Labute approximate surface area is 610 Å². The van der Waals surface area contributed by atoms with Crippen LogP contribution in [0, 0.1) is 0 Å². The van der Waals surface area contributed by atoms with Gasteiger partial charge in [-0.3, -0.25) is 4.57 Å². The highest BCUT2D eigenvalue weighted by Gasteiger charge is 2.21. The van der Waals surface area contributed by atoms with Crippen LogP contribution >= 0.6 is 0 Å². The van der Waals surface area contributed by atoms with Crippen LogP contribution in [0.4, 0.5) is 0 Å². The molecule has 0 radical (unpaired) electrons. The molecule has 9 nitrogen and oxygen atoms in total. The van der Waals surface area contributed by atoms with Crippen LogP contribution in [0.25, 0.3) is 189 Å². The van der Waals surface area contributed by atoms with Gasteiger partial charge in [0.15, 0.2) is 11.6 Å². The monoisotopic (exact) mass is 1350 g/mol. The smallest absolute Gasteiger partial charge is 0.238 e. The second-order valence-corrected chi connectivity index (χ2v) is 26.8. The van der Waals surface area contributed by atoms with Crippen LogP contribution in [0.1, 0.15) is 0 Å². The molecule has 0 spiro atoms. The highest BCUT2D eigenvalue weighted by Crippen LogP contribution is 2.42. The van der Waals surface area contributed by atoms with Gasteiger partial charge in [0, 0.05) is 83.0 Å². The third kappa shape index (κ3) is 10.8. The molecule has 9 heteroatoms. The molecule has 21 aromatic rings. The van der Waals surface area contributed by atoms with Crippen LogP contribution in [0.3, 0.4) is 0 Å². The first-order chi connectivity index (χ1) is 52.6. The Morgan fingerprint density at radius 1 is 0.179 bits per heavy atom. The minimum Gasteiger partial charge on any atom is -0.309 e. The molecule has 0 unspecified atom stereocenters. The van der Waals surface area contributed by atoms with Gasteiger partial charge in [-0.05, 0) is 160 Å². The van der Waals surface area contributed by atoms with Crippen molar-refractivity contribution >= 4 is 87.2 Å². The predicted molar refractivity (Wildman–Crippen MR) is 437 cm³/mol. The second-order valence-electron chi connectivity index (χ2n) is 26.8. The number of hydrogen-bond donors (Lipinski definition) is 0. The number of benzene rings is 15. The Hall–Kier alpha value is -14.4. The van der Waals surface area contributed by atoms with Gasteiger partial charge >= 0.3 is 0 Å². The molecule has 15 aromatic carbocycles. The Morgan fingerprint density at radius 3 is 0.953 bits per heavy atom. The third-order valence-corrected chi connectivity index (χ3v) is 20.7. The van der Waals surface area contributed by atoms with E-state index in [-0.39, 0.29) is 0 Å². The zero-order chi connectivity index (χ0) is 70.0. The van der Waals surface area contributed by atoms with Crippen molar-refractivity contribution in [1.82, 2.24) is 43.2 Å². The molecule has 21 rings (SSSR count). The van der Waals surface area contributed by atoms with E-state index in [4.69, 9.17) is 15.0 Å². The minimum atomic E-state index is 0.594. The number of aromatic nitrogens is 9. The fourth-order valence-corrected chi connectivity index (χ4v) is 15.7. The molecule has 0 saturated heterocycles. The van der Waals surface area contributed by atoms with E-state index in [0.717, 1.165) is 83.4 Å². The van der Waals surface area contributed by atoms with Crippen molar-refractivity contribution in [2.75, 3.05) is 0 Å². The lowest BCUT2D eigenvalue weighted by Crippen LogP contribution is -2.03. The van der Waals surface area contributed by atoms with Crippen molar-refractivity contribution in [3.63, 3.8) is 0 Å². The quantitative estimate of drug-likeness (QED) is 0.129. The molecule has 496 valence electrons. The molecule has 0 atom stereocenters. The van der Waals surface area contributed by atoms with Gasteiger partial charge in [0.25, 0.3) is 0 Å². The van der Waals surface area contributed by atoms with Gasteiger partial charge in [-0.2, -0.15) is 4.98 Å². The molecule has 0 bridgehead atoms. The summed E-state index contributed by atoms with van der Waals surface area (Å²) >= 11 is 0. The van der Waals surface area contributed by atoms with E-state index in [1.165, 1.54) is 87.8 Å². The maximum Gasteiger partial charge on any atom is 0.238 e. The third-order valence-electron chi connectivity index (χ3n) is 20.7. The molecule has 106 heavy (non-hydrogen) atoms. The summed E-state index contributed by atoms with van der Waals surface area (Å²) in [4.78, 5) is 24.0. The lowest BCUT2D eigenvalue weighted by atomic mass is 10.0. The summed E-state index contributed by atoms with van der Waals surface area (Å²) in [6, 6.07) is 131. The number of fused-ring (bicyclic) bond motifs is 12. The van der Waals surface area contributed by atoms with Crippen LogP contribution < -0.4 is 0 Å². The molecule has 0 aliphatic carbocycles. The van der Waals surface area contributed by atoms with E-state index >= 15 is 0 Å². The number of hydrogen-bond acceptors (Lipinski definition) is 5. The molecule has 0 saturated carbocycles. The average molecular weight is 1350 g/mol. The van der Waals surface area contributed by atoms with Gasteiger partial charge in [-0.15, -0.1) is 0 Å². The first-order valence-electron chi connectivity index (χ1n) is 35.8. The SMILES string of the molecule is c1ccc(-c2ccc(-c3ccnc(-c4cccc(-n5c6ccccc6c6cc(-c7ccc8c(c7)c7ccccc7n8-c7ccccc7)ccc65)c4)n3)cc2)cc1.c1ccc(-c2ccc(-c3ncnc(-n4c5ccccc5c5cc(-c6ccc7c(c6)c6ccccc6n7-c6ccccc6)ccc54)n3)cc2)cc1. The summed E-state index contributed by atoms with van der Waals surface area (Å²) in [6.07, 6.45) is 3.47. The lowest BCUT2D eigenvalue weighted by Gasteiger charge is -2.11. The van der Waals surface area contributed by atoms with Gasteiger partial charge in [-0.25, -0.2) is 19.9 Å². The summed E-state index contributed by atoms with van der Waals surface area (Å²) in [6.45, 7) is 0. The first kappa shape index (κ1) is 61.5. The maximum atomic E-state index is 5.05. The fourth-order valence-electron chi connectivity index (χ4n) is 15.7. The number of rotatable bonds is 11. The van der Waals surface area contributed by atoms with E-state index in [1.807, 2.05) is 24.4 Å². The molecule has 0 amide bonds. The lowest BCUT2D eigenvalue weighted by molar-refractivity contribution is 0.947. The molecular formula is C97H63N9. The van der Waals surface area contributed by atoms with Gasteiger partial charge in [0.1, 0.15) is 6.33 Å². The maximum absolute atomic E-state index is 5.05. The molecule has 0 fully saturated rings. The van der Waals surface area contributed by atoms with Crippen molar-refractivity contribution in [2.45, 2.75) is 0 Å². The highest BCUT2D eigenvalue weighted by molar-refractivity contribution is 6.15. The van der Waals surface area contributed by atoms with Crippen LogP contribution in [-0.2, 0) is 0 Å². The normalized spacial score (nSPS) is 11.6. The van der Waals surface area contributed by atoms with E-state index in [2.05, 4.69) is 380 Å². The standard InChI is InChI=1S/C52H34N4.C45H29N5/c1-3-12-35(13-4-1)36-22-24-37(25-23-36)47-30-31-53-52(54-47)40-14-11-17-42(32-40)56-49-21-10-8-19-44(49)46-34-39(27-29-51(46)56)38-26-28-50-45(33-38)43-18-7-9-20-48(43)55(50)41-15-5-2-6-16-41;1-3-11-30(12-4-1)31-19-21-32(22-20-31)44-46-29-47-45(48-44)50-41-18-10-8-16-37(41)39-28-34(24-26-43(39)50)33-23-25-42-38(27-33)36-15-7-9-17-40(36)49(42)35-13-5-2-6-14-35/h1-34H;1-29H. The molecular weight excluding hydrogens is 1290 g/mol. The van der Waals surface area contributed by atoms with Crippen LogP contribution in [0.2, 0.25) is 0 Å². The highest BCUT2D eigenvalue weighted by atomic mass is 15.2. The largest absolute Gasteiger partial charge is 0.309 e. The summed E-state index contributed by atoms with van der Waals surface area (Å²) in [5.74, 6) is 1.93. The van der Waals surface area contributed by atoms with Crippen molar-refractivity contribution in [2.24, 2.45) is 0 Å². The zero-order valence-corrected chi connectivity index (χ0v) is 57.4. The van der Waals surface area contributed by atoms with Crippen molar-refractivity contribution in [3.05, 3.63) is 383 Å². The van der Waals surface area contributed by atoms with Crippen molar-refractivity contribution < 1.29 is 0 Å². The van der Waals surface area contributed by atoms with E-state index in [9.17, 15) is 0 Å². The Morgan fingerprint density at radius 2 is 0.500 bits per heavy atom. The Kier molecular flexibility index (Phi) is 15.0. The van der Waals surface area contributed by atoms with E-state index < -0.39 is 0 Å². The average Bonchev–Trinajstić information content (AvgIpc) is 1.59. The van der Waals surface area contributed by atoms with E-state index in [0.29, 0.717) is 17.6 Å². The number of para-hydroxylation sites is 6. The van der Waals surface area contributed by atoms with Crippen LogP contribution in [0.5, 0.6) is 0 Å². The Balaban J connectivity index is 0.000000141. The van der Waals surface area contributed by atoms with Crippen LogP contribution in [-0.4, -0.2) is 43.2 Å². The first-order valence-corrected chi connectivity index (χ1v) is 35.8. The Bertz CT molecular complexity index is 6920. The zero-order valence-electron chi connectivity index (χ0n) is 57.4.